The summed E-state index contributed by atoms with van der Waals surface area (Å²) in [6, 6.07) is 8.72. The van der Waals surface area contributed by atoms with Crippen LogP contribution >= 0.6 is 0 Å². The third-order valence-corrected chi connectivity index (χ3v) is 5.06. The SMILES string of the molecule is COc1cccc([C@]23CCN(C)CC2=CC[C@H](C)C3)c1. The van der Waals surface area contributed by atoms with E-state index in [2.05, 4.69) is 43.1 Å². The summed E-state index contributed by atoms with van der Waals surface area (Å²) >= 11 is 0. The van der Waals surface area contributed by atoms with Gasteiger partial charge in [0.2, 0.25) is 0 Å². The number of rotatable bonds is 2. The average molecular weight is 271 g/mol. The lowest BCUT2D eigenvalue weighted by molar-refractivity contribution is 0.211. The van der Waals surface area contributed by atoms with Gasteiger partial charge in [-0.25, -0.2) is 0 Å². The molecule has 1 heterocycles. The molecule has 2 heteroatoms. The fourth-order valence-electron chi connectivity index (χ4n) is 3.95. The zero-order valence-corrected chi connectivity index (χ0v) is 12.9. The zero-order valence-electron chi connectivity index (χ0n) is 12.9. The van der Waals surface area contributed by atoms with Crippen molar-refractivity contribution in [1.82, 2.24) is 4.90 Å². The molecule has 0 unspecified atom stereocenters. The number of benzene rings is 1. The van der Waals surface area contributed by atoms with Gasteiger partial charge in [0.25, 0.3) is 0 Å². The fourth-order valence-corrected chi connectivity index (χ4v) is 3.95. The van der Waals surface area contributed by atoms with Gasteiger partial charge in [-0.05, 0) is 62.0 Å². The molecule has 2 atom stereocenters. The molecule has 1 aliphatic carbocycles. The van der Waals surface area contributed by atoms with E-state index in [9.17, 15) is 0 Å². The molecule has 2 nitrogen and oxygen atoms in total. The predicted octanol–water partition coefficient (Wildman–Crippen LogP) is 3.62. The molecule has 0 radical (unpaired) electrons. The average Bonchev–Trinajstić information content (AvgIpc) is 2.47. The van der Waals surface area contributed by atoms with Crippen LogP contribution in [0, 0.1) is 5.92 Å². The van der Waals surface area contributed by atoms with E-state index in [-0.39, 0.29) is 5.41 Å². The molecule has 3 rings (SSSR count). The second kappa shape index (κ2) is 5.25. The molecule has 1 aliphatic heterocycles. The van der Waals surface area contributed by atoms with Crippen LogP contribution in [0.25, 0.3) is 0 Å². The van der Waals surface area contributed by atoms with Crippen molar-refractivity contribution in [2.75, 3.05) is 27.2 Å². The maximum atomic E-state index is 5.44. The Labute approximate surface area is 122 Å². The van der Waals surface area contributed by atoms with E-state index in [0.717, 1.165) is 18.2 Å². The highest BCUT2D eigenvalue weighted by molar-refractivity contribution is 5.43. The van der Waals surface area contributed by atoms with Crippen molar-refractivity contribution >= 4 is 0 Å². The number of methoxy groups -OCH3 is 1. The molecule has 1 saturated heterocycles. The third-order valence-electron chi connectivity index (χ3n) is 5.06. The summed E-state index contributed by atoms with van der Waals surface area (Å²) in [5, 5.41) is 0. The Morgan fingerprint density at radius 3 is 3.00 bits per heavy atom. The number of ether oxygens (including phenoxy) is 1. The summed E-state index contributed by atoms with van der Waals surface area (Å²) < 4.78 is 5.44. The van der Waals surface area contributed by atoms with E-state index in [1.807, 2.05) is 6.07 Å². The monoisotopic (exact) mass is 271 g/mol. The van der Waals surface area contributed by atoms with E-state index in [0.29, 0.717) is 0 Å². The van der Waals surface area contributed by atoms with Gasteiger partial charge in [0.05, 0.1) is 7.11 Å². The van der Waals surface area contributed by atoms with Gasteiger partial charge in [-0.1, -0.05) is 25.1 Å². The second-order valence-electron chi connectivity index (χ2n) is 6.58. The Bertz CT molecular complexity index is 522. The Hall–Kier alpha value is -1.28. The topological polar surface area (TPSA) is 12.5 Å². The summed E-state index contributed by atoms with van der Waals surface area (Å²) in [5.74, 6) is 1.75. The highest BCUT2D eigenvalue weighted by Gasteiger charge is 2.42. The lowest BCUT2D eigenvalue weighted by atomic mass is 9.62. The number of fused-ring (bicyclic) bond motifs is 1. The van der Waals surface area contributed by atoms with Gasteiger partial charge in [-0.3, -0.25) is 0 Å². The molecule has 2 aliphatic rings. The van der Waals surface area contributed by atoms with Crippen molar-refractivity contribution in [3.05, 3.63) is 41.5 Å². The van der Waals surface area contributed by atoms with Crippen LogP contribution < -0.4 is 4.74 Å². The summed E-state index contributed by atoms with van der Waals surface area (Å²) in [6.45, 7) is 4.68. The first-order chi connectivity index (χ1) is 9.64. The molecule has 0 bridgehead atoms. The minimum Gasteiger partial charge on any atom is -0.497 e. The molecule has 108 valence electrons. The minimum absolute atomic E-state index is 0.249. The molecule has 20 heavy (non-hydrogen) atoms. The van der Waals surface area contributed by atoms with Crippen LogP contribution in [0.15, 0.2) is 35.9 Å². The maximum absolute atomic E-state index is 5.44. The maximum Gasteiger partial charge on any atom is 0.119 e. The highest BCUT2D eigenvalue weighted by atomic mass is 16.5. The van der Waals surface area contributed by atoms with Crippen molar-refractivity contribution in [3.8, 4) is 5.75 Å². The normalized spacial score (nSPS) is 30.6. The smallest absolute Gasteiger partial charge is 0.119 e. The van der Waals surface area contributed by atoms with Gasteiger partial charge in [-0.15, -0.1) is 0 Å². The lowest BCUT2D eigenvalue weighted by Gasteiger charge is -2.47. The molecular formula is C18H25NO. The molecule has 0 amide bonds. The Morgan fingerprint density at radius 1 is 1.35 bits per heavy atom. The van der Waals surface area contributed by atoms with E-state index in [1.54, 1.807) is 12.7 Å². The van der Waals surface area contributed by atoms with Gasteiger partial charge >= 0.3 is 0 Å². The molecule has 0 aromatic heterocycles. The van der Waals surface area contributed by atoms with Crippen molar-refractivity contribution in [2.24, 2.45) is 5.92 Å². The number of piperidine rings is 1. The van der Waals surface area contributed by atoms with Crippen molar-refractivity contribution in [3.63, 3.8) is 0 Å². The van der Waals surface area contributed by atoms with Gasteiger partial charge < -0.3 is 9.64 Å². The highest BCUT2D eigenvalue weighted by Crippen LogP contribution is 2.48. The van der Waals surface area contributed by atoms with Crippen LogP contribution in [0.4, 0.5) is 0 Å². The molecule has 0 N–H and O–H groups in total. The number of allylic oxidation sites excluding steroid dienone is 1. The van der Waals surface area contributed by atoms with E-state index >= 15 is 0 Å². The van der Waals surface area contributed by atoms with Crippen molar-refractivity contribution < 1.29 is 4.74 Å². The lowest BCUT2D eigenvalue weighted by Crippen LogP contribution is -2.45. The predicted molar refractivity (Wildman–Crippen MR) is 83.3 cm³/mol. The van der Waals surface area contributed by atoms with E-state index in [1.165, 1.54) is 31.4 Å². The summed E-state index contributed by atoms with van der Waals surface area (Å²) in [6.07, 6.45) is 6.24. The Kier molecular flexibility index (Phi) is 3.59. The molecule has 1 fully saturated rings. The first-order valence-electron chi connectivity index (χ1n) is 7.66. The van der Waals surface area contributed by atoms with Gasteiger partial charge in [0.15, 0.2) is 0 Å². The van der Waals surface area contributed by atoms with E-state index in [4.69, 9.17) is 4.74 Å². The Balaban J connectivity index is 2.05. The minimum atomic E-state index is 0.249. The number of hydrogen-bond donors (Lipinski definition) is 0. The van der Waals surface area contributed by atoms with Crippen LogP contribution in [0.1, 0.15) is 31.7 Å². The van der Waals surface area contributed by atoms with Crippen LogP contribution in [0.5, 0.6) is 5.75 Å². The number of likely N-dealkylation sites (tertiary alicyclic amines) is 1. The quantitative estimate of drug-likeness (QED) is 0.762. The van der Waals surface area contributed by atoms with Crippen LogP contribution in [-0.4, -0.2) is 32.1 Å². The first kappa shape index (κ1) is 13.7. The largest absolute Gasteiger partial charge is 0.497 e. The van der Waals surface area contributed by atoms with Crippen LogP contribution in [-0.2, 0) is 5.41 Å². The van der Waals surface area contributed by atoms with Crippen molar-refractivity contribution in [2.45, 2.75) is 31.6 Å². The van der Waals surface area contributed by atoms with Gasteiger partial charge in [0, 0.05) is 12.0 Å². The second-order valence-corrected chi connectivity index (χ2v) is 6.58. The molecule has 0 spiro atoms. The summed E-state index contributed by atoms with van der Waals surface area (Å²) in [5.41, 5.74) is 3.32. The number of hydrogen-bond acceptors (Lipinski definition) is 2. The number of nitrogens with zero attached hydrogens (tertiary/aromatic N) is 1. The zero-order chi connectivity index (χ0) is 14.2. The summed E-state index contributed by atoms with van der Waals surface area (Å²) in [7, 11) is 3.99. The first-order valence-corrected chi connectivity index (χ1v) is 7.66. The molecule has 1 aromatic rings. The summed E-state index contributed by atoms with van der Waals surface area (Å²) in [4.78, 5) is 2.44. The van der Waals surface area contributed by atoms with E-state index < -0.39 is 0 Å². The molecular weight excluding hydrogens is 246 g/mol. The van der Waals surface area contributed by atoms with Crippen LogP contribution in [0.2, 0.25) is 0 Å². The fraction of sp³-hybridized carbons (Fsp3) is 0.556. The number of likely N-dealkylation sites (N-methyl/N-ethyl adjacent to an activating group) is 1. The standard InChI is InChI=1S/C18H25NO/c1-14-7-8-16-13-19(2)10-9-18(16,12-14)15-5-4-6-17(11-15)20-3/h4-6,8,11,14H,7,9-10,12-13H2,1-3H3/t14-,18+/m0/s1. The van der Waals surface area contributed by atoms with Gasteiger partial charge in [-0.2, -0.15) is 0 Å². The van der Waals surface area contributed by atoms with Gasteiger partial charge in [0.1, 0.15) is 5.75 Å². The van der Waals surface area contributed by atoms with Crippen molar-refractivity contribution in [1.29, 1.82) is 0 Å². The molecule has 1 aromatic carbocycles. The third kappa shape index (κ3) is 2.26. The van der Waals surface area contributed by atoms with Crippen LogP contribution in [0.3, 0.4) is 0 Å². The molecule has 0 saturated carbocycles. The Morgan fingerprint density at radius 2 is 2.20 bits per heavy atom.